The Balaban J connectivity index is 2.61. The number of rotatable bonds is 54. The first-order valence-electron chi connectivity index (χ1n) is 32.5. The first-order chi connectivity index (χ1) is 39.2. The zero-order valence-corrected chi connectivity index (χ0v) is 50.9. The largest absolute Gasteiger partial charge is 0.454 e. The van der Waals surface area contributed by atoms with E-state index in [9.17, 15) is 35.1 Å². The van der Waals surface area contributed by atoms with Gasteiger partial charge in [-0.25, -0.2) is 0 Å². The molecule has 8 atom stereocenters. The molecular weight excluding hydrogens is 1000 g/mol. The van der Waals surface area contributed by atoms with Crippen molar-refractivity contribution in [2.24, 2.45) is 0 Å². The quantitative estimate of drug-likeness (QED) is 0.0149. The van der Waals surface area contributed by atoms with Crippen LogP contribution in [0.1, 0.15) is 265 Å². The summed E-state index contributed by atoms with van der Waals surface area (Å²) in [6.07, 6.45) is 64.5. The molecule has 1 rings (SSSR count). The molecule has 1 amide bonds. The lowest BCUT2D eigenvalue weighted by Gasteiger charge is -2.41. The zero-order valence-electron chi connectivity index (χ0n) is 50.9. The molecule has 80 heavy (non-hydrogen) atoms. The Kier molecular flexibility index (Phi) is 52.3. The summed E-state index contributed by atoms with van der Waals surface area (Å²) in [6.45, 7) is 5.61. The average molecular weight is 1120 g/mol. The molecule has 0 aliphatic carbocycles. The first-order valence-corrected chi connectivity index (χ1v) is 32.5. The third-order valence-electron chi connectivity index (χ3n) is 14.8. The standard InChI is InChI=1S/C69H119NO10/c1-4-7-10-13-16-19-22-25-26-27-28-29-30-31-32-33-34-35-36-37-39-41-44-47-50-53-56-62(73)68(77)70-60(61(72)55-52-49-46-43-40-24-21-18-15-12-9-6-3)59-78-69-67(66(76)65(75)63(58-71)79-69)80-64(74)57-54-51-48-45-42-38-23-20-17-14-11-8-5-2/h8,11,14,16-17,19-20,23,25-26,28-29,31-32,52,55,60-63,65-67,69,71-73,75-76H,4-7,9-10,12-13,15,18,21-22,24,27,30,33-51,53-54,56-59H2,1-3H3,(H,70,77)/b11-8+,17-14+,19-16-,23-20-,26-25-,29-28-,32-31-,55-52+. The van der Waals surface area contributed by atoms with Crippen LogP contribution in [-0.2, 0) is 23.8 Å². The van der Waals surface area contributed by atoms with Crippen molar-refractivity contribution in [1.29, 1.82) is 0 Å². The smallest absolute Gasteiger partial charge is 0.306 e. The molecule has 1 aliphatic heterocycles. The van der Waals surface area contributed by atoms with Crippen molar-refractivity contribution in [3.63, 3.8) is 0 Å². The second kappa shape index (κ2) is 56.1. The predicted molar refractivity (Wildman–Crippen MR) is 333 cm³/mol. The summed E-state index contributed by atoms with van der Waals surface area (Å²) in [7, 11) is 0. The topological polar surface area (TPSA) is 175 Å². The van der Waals surface area contributed by atoms with Crippen molar-refractivity contribution in [2.45, 2.75) is 314 Å². The fraction of sp³-hybridized carbons (Fsp3) is 0.739. The van der Waals surface area contributed by atoms with E-state index in [1.54, 1.807) is 6.08 Å². The summed E-state index contributed by atoms with van der Waals surface area (Å²) in [5.41, 5.74) is 0. The van der Waals surface area contributed by atoms with Crippen LogP contribution in [0.25, 0.3) is 0 Å². The fourth-order valence-corrected chi connectivity index (χ4v) is 9.63. The van der Waals surface area contributed by atoms with E-state index in [1.807, 2.05) is 24.3 Å². The summed E-state index contributed by atoms with van der Waals surface area (Å²) in [5.74, 6) is -1.22. The number of hydrogen-bond donors (Lipinski definition) is 6. The molecule has 11 nitrogen and oxygen atoms in total. The molecule has 0 aromatic rings. The molecule has 8 unspecified atom stereocenters. The number of allylic oxidation sites excluding steroid dienone is 15. The minimum atomic E-state index is -1.63. The van der Waals surface area contributed by atoms with Crippen molar-refractivity contribution in [2.75, 3.05) is 13.2 Å². The minimum absolute atomic E-state index is 0.0965. The van der Waals surface area contributed by atoms with E-state index in [0.29, 0.717) is 12.8 Å². The summed E-state index contributed by atoms with van der Waals surface area (Å²) >= 11 is 0. The van der Waals surface area contributed by atoms with E-state index < -0.39 is 67.4 Å². The van der Waals surface area contributed by atoms with Crippen LogP contribution in [0.3, 0.4) is 0 Å². The number of ether oxygens (including phenoxy) is 3. The molecule has 6 N–H and O–H groups in total. The maximum absolute atomic E-state index is 13.5. The molecule has 0 bridgehead atoms. The van der Waals surface area contributed by atoms with Gasteiger partial charge in [0.1, 0.15) is 24.4 Å². The predicted octanol–water partition coefficient (Wildman–Crippen LogP) is 15.9. The number of aliphatic hydroxyl groups excluding tert-OH is 5. The molecule has 1 heterocycles. The number of carbonyl (C=O) groups is 2. The van der Waals surface area contributed by atoms with Crippen molar-refractivity contribution >= 4 is 11.9 Å². The number of nitrogens with one attached hydrogen (secondary N) is 1. The van der Waals surface area contributed by atoms with Crippen LogP contribution in [0.2, 0.25) is 0 Å². The Morgan fingerprint density at radius 1 is 0.512 bits per heavy atom. The Hall–Kier alpha value is -3.42. The number of aliphatic hydroxyl groups is 5. The Bertz CT molecular complexity index is 1670. The third kappa shape index (κ3) is 43.3. The average Bonchev–Trinajstić information content (AvgIpc) is 3.45. The van der Waals surface area contributed by atoms with Gasteiger partial charge >= 0.3 is 5.97 Å². The molecule has 1 saturated heterocycles. The molecule has 1 fully saturated rings. The molecule has 0 saturated carbocycles. The van der Waals surface area contributed by atoms with Crippen molar-refractivity contribution in [1.82, 2.24) is 5.32 Å². The highest BCUT2D eigenvalue weighted by atomic mass is 16.7. The van der Waals surface area contributed by atoms with E-state index in [2.05, 4.69) is 92.9 Å². The van der Waals surface area contributed by atoms with Crippen LogP contribution in [0.15, 0.2) is 97.2 Å². The van der Waals surface area contributed by atoms with E-state index in [1.165, 1.54) is 116 Å². The van der Waals surface area contributed by atoms with Crippen LogP contribution in [0.5, 0.6) is 0 Å². The van der Waals surface area contributed by atoms with Gasteiger partial charge in [-0.05, 0) is 89.9 Å². The van der Waals surface area contributed by atoms with Crippen LogP contribution in [-0.4, -0.2) is 99.6 Å². The number of amides is 1. The Morgan fingerprint density at radius 3 is 1.48 bits per heavy atom. The second-order valence-electron chi connectivity index (χ2n) is 22.2. The summed E-state index contributed by atoms with van der Waals surface area (Å²) < 4.78 is 17.6. The molecule has 0 radical (unpaired) electrons. The highest BCUT2D eigenvalue weighted by Crippen LogP contribution is 2.26. The maximum Gasteiger partial charge on any atom is 0.306 e. The Morgan fingerprint density at radius 2 is 0.950 bits per heavy atom. The lowest BCUT2D eigenvalue weighted by molar-refractivity contribution is -0.305. The fourth-order valence-electron chi connectivity index (χ4n) is 9.63. The van der Waals surface area contributed by atoms with Gasteiger partial charge in [0, 0.05) is 6.42 Å². The number of unbranched alkanes of at least 4 members (excludes halogenated alkanes) is 28. The highest BCUT2D eigenvalue weighted by molar-refractivity contribution is 5.80. The highest BCUT2D eigenvalue weighted by Gasteiger charge is 2.47. The van der Waals surface area contributed by atoms with Crippen molar-refractivity contribution in [3.05, 3.63) is 97.2 Å². The summed E-state index contributed by atoms with van der Waals surface area (Å²) in [6, 6.07) is -1.04. The first kappa shape index (κ1) is 74.6. The minimum Gasteiger partial charge on any atom is -0.454 e. The monoisotopic (exact) mass is 1120 g/mol. The lowest BCUT2D eigenvalue weighted by Crippen LogP contribution is -2.61. The summed E-state index contributed by atoms with van der Waals surface area (Å²) in [4.78, 5) is 26.5. The van der Waals surface area contributed by atoms with Gasteiger partial charge in [0.25, 0.3) is 0 Å². The molecule has 0 spiro atoms. The van der Waals surface area contributed by atoms with Gasteiger partial charge in [0.15, 0.2) is 12.4 Å². The van der Waals surface area contributed by atoms with Crippen LogP contribution in [0.4, 0.5) is 0 Å². The number of carbonyl (C=O) groups excluding carboxylic acids is 2. The van der Waals surface area contributed by atoms with Crippen molar-refractivity contribution < 1.29 is 49.3 Å². The van der Waals surface area contributed by atoms with Crippen molar-refractivity contribution in [3.8, 4) is 0 Å². The van der Waals surface area contributed by atoms with E-state index in [4.69, 9.17) is 14.2 Å². The molecule has 1 aliphatic rings. The van der Waals surface area contributed by atoms with Gasteiger partial charge in [-0.2, -0.15) is 0 Å². The van der Waals surface area contributed by atoms with E-state index in [0.717, 1.165) is 103 Å². The second-order valence-corrected chi connectivity index (χ2v) is 22.2. The van der Waals surface area contributed by atoms with E-state index >= 15 is 0 Å². The molecular formula is C69H119NO10. The summed E-state index contributed by atoms with van der Waals surface area (Å²) in [5, 5.41) is 57.0. The molecule has 0 aromatic heterocycles. The number of esters is 1. The van der Waals surface area contributed by atoms with Gasteiger partial charge in [-0.3, -0.25) is 9.59 Å². The van der Waals surface area contributed by atoms with Gasteiger partial charge in [0.05, 0.1) is 25.4 Å². The molecule has 460 valence electrons. The van der Waals surface area contributed by atoms with Gasteiger partial charge in [-0.1, -0.05) is 266 Å². The SMILES string of the molecule is CC/C=C/C=C/C=C\CCCCCCCC(=O)OC1C(OCC(NC(=O)C(O)CCCCCCCCCCCC/C=C\C/C=C\C/C=C\C/C=C\CCCCC)C(O)/C=C/CCCCCCCCCCCC)OC(CO)C(O)C1O. The van der Waals surface area contributed by atoms with Gasteiger partial charge < -0.3 is 45.1 Å². The van der Waals surface area contributed by atoms with Crippen LogP contribution < -0.4 is 5.32 Å². The van der Waals surface area contributed by atoms with Crippen LogP contribution >= 0.6 is 0 Å². The van der Waals surface area contributed by atoms with Crippen LogP contribution in [0, 0.1) is 0 Å². The third-order valence-corrected chi connectivity index (χ3v) is 14.8. The number of hydrogen-bond acceptors (Lipinski definition) is 10. The zero-order chi connectivity index (χ0) is 58.2. The van der Waals surface area contributed by atoms with Gasteiger partial charge in [0.2, 0.25) is 5.91 Å². The molecule has 0 aromatic carbocycles. The Labute approximate surface area is 488 Å². The molecule has 11 heteroatoms. The normalized spacial score (nSPS) is 19.4. The maximum atomic E-state index is 13.5. The lowest BCUT2D eigenvalue weighted by atomic mass is 9.99. The van der Waals surface area contributed by atoms with E-state index in [-0.39, 0.29) is 19.4 Å². The van der Waals surface area contributed by atoms with Gasteiger partial charge in [-0.15, -0.1) is 0 Å².